The van der Waals surface area contributed by atoms with Crippen LogP contribution in [0.5, 0.6) is 0 Å². The minimum absolute atomic E-state index is 0.0991. The van der Waals surface area contributed by atoms with Crippen LogP contribution >= 0.6 is 0 Å². The van der Waals surface area contributed by atoms with E-state index in [2.05, 4.69) is 188 Å². The highest BCUT2D eigenvalue weighted by molar-refractivity contribution is 6.06. The third kappa shape index (κ3) is 6.01. The van der Waals surface area contributed by atoms with Crippen molar-refractivity contribution < 1.29 is 18.1 Å². The Morgan fingerprint density at radius 2 is 1.22 bits per heavy atom. The van der Waals surface area contributed by atoms with Crippen molar-refractivity contribution >= 4 is 21.9 Å². The van der Waals surface area contributed by atoms with E-state index in [1.807, 2.05) is 6.07 Å². The summed E-state index contributed by atoms with van der Waals surface area (Å²) in [6, 6.07) is 50.5. The lowest BCUT2D eigenvalue weighted by Gasteiger charge is -2.19. The number of para-hydroxylation sites is 1. The molecule has 8 aromatic rings. The van der Waals surface area contributed by atoms with Gasteiger partial charge in [0.25, 0.3) is 0 Å². The summed E-state index contributed by atoms with van der Waals surface area (Å²) in [7, 11) is 2.17. The highest BCUT2D eigenvalue weighted by Gasteiger charge is 2.33. The first kappa shape index (κ1) is 32.3. The van der Waals surface area contributed by atoms with Crippen molar-refractivity contribution in [2.45, 2.75) is 46.7 Å². The van der Waals surface area contributed by atoms with Crippen LogP contribution in [0.2, 0.25) is 0 Å². The number of pyridine rings is 3. The highest BCUT2D eigenvalue weighted by Crippen LogP contribution is 2.34. The van der Waals surface area contributed by atoms with Gasteiger partial charge >= 0.3 is 0 Å². The molecule has 8 rings (SSSR count). The molecule has 0 N–H and O–H groups in total. The Morgan fingerprint density at radius 1 is 0.529 bits per heavy atom. The van der Waals surface area contributed by atoms with Crippen LogP contribution in [0.15, 0.2) is 150 Å². The zero-order valence-electron chi connectivity index (χ0n) is 30.1. The Bertz CT molecular complexity index is 2560. The van der Waals surface area contributed by atoms with Crippen LogP contribution in [-0.4, -0.2) is 0 Å². The summed E-state index contributed by atoms with van der Waals surface area (Å²) >= 11 is 0. The molecule has 4 aromatic carbocycles. The van der Waals surface area contributed by atoms with Gasteiger partial charge in [-0.05, 0) is 79.1 Å². The van der Waals surface area contributed by atoms with Crippen molar-refractivity contribution in [1.82, 2.24) is 0 Å². The SMILES string of the molecule is Cc1cc2oc3ccccc3c2cc1-c1cccc[n+]1CC(Cc1ccccc1-c1cccc(C)[n+]1C)[n+]1c(C)cccc1-c1ccccc1C. The molecule has 0 aliphatic heterocycles. The molecule has 0 amide bonds. The van der Waals surface area contributed by atoms with Gasteiger partial charge in [0.05, 0.1) is 0 Å². The predicted octanol–water partition coefficient (Wildman–Crippen LogP) is 9.70. The van der Waals surface area contributed by atoms with E-state index in [4.69, 9.17) is 4.42 Å². The van der Waals surface area contributed by atoms with E-state index in [-0.39, 0.29) is 6.04 Å². The van der Waals surface area contributed by atoms with Crippen LogP contribution in [0.4, 0.5) is 0 Å². The molecule has 1 atom stereocenters. The van der Waals surface area contributed by atoms with E-state index in [0.29, 0.717) is 0 Å². The highest BCUT2D eigenvalue weighted by atomic mass is 16.3. The second-order valence-corrected chi connectivity index (χ2v) is 13.9. The molecule has 0 spiro atoms. The summed E-state index contributed by atoms with van der Waals surface area (Å²) in [6.07, 6.45) is 3.10. The number of aromatic nitrogens is 3. The van der Waals surface area contributed by atoms with Crippen molar-refractivity contribution in [3.8, 4) is 33.8 Å². The van der Waals surface area contributed by atoms with Crippen LogP contribution in [0.1, 0.15) is 34.1 Å². The predicted molar refractivity (Wildman–Crippen MR) is 206 cm³/mol. The van der Waals surface area contributed by atoms with Gasteiger partial charge in [-0.2, -0.15) is 13.7 Å². The summed E-state index contributed by atoms with van der Waals surface area (Å²) in [4.78, 5) is 0. The normalized spacial score (nSPS) is 12.1. The second kappa shape index (κ2) is 13.4. The molecule has 0 saturated carbocycles. The number of aryl methyl sites for hydroxylation is 4. The third-order valence-electron chi connectivity index (χ3n) is 10.6. The van der Waals surface area contributed by atoms with Gasteiger partial charge in [0.15, 0.2) is 17.6 Å². The molecular formula is C47H44N3O+3. The molecule has 0 fully saturated rings. The number of fused-ring (bicyclic) bond motifs is 3. The monoisotopic (exact) mass is 666 g/mol. The van der Waals surface area contributed by atoms with E-state index >= 15 is 0 Å². The number of hydrogen-bond donors (Lipinski definition) is 0. The molecule has 0 aliphatic carbocycles. The summed E-state index contributed by atoms with van der Waals surface area (Å²) in [5, 5.41) is 2.29. The zero-order valence-corrected chi connectivity index (χ0v) is 30.1. The summed E-state index contributed by atoms with van der Waals surface area (Å²) in [5.74, 6) is 0. The van der Waals surface area contributed by atoms with Crippen LogP contribution in [-0.2, 0) is 20.0 Å². The van der Waals surface area contributed by atoms with Crippen molar-refractivity contribution in [1.29, 1.82) is 0 Å². The smallest absolute Gasteiger partial charge is 0.221 e. The molecule has 0 aliphatic rings. The molecule has 0 saturated heterocycles. The Labute approximate surface area is 300 Å². The molecule has 51 heavy (non-hydrogen) atoms. The van der Waals surface area contributed by atoms with E-state index in [9.17, 15) is 0 Å². The fourth-order valence-electron chi connectivity index (χ4n) is 7.85. The molecule has 0 radical (unpaired) electrons. The van der Waals surface area contributed by atoms with E-state index in [1.54, 1.807) is 0 Å². The molecule has 4 heteroatoms. The van der Waals surface area contributed by atoms with Gasteiger partial charge in [0.2, 0.25) is 29.7 Å². The van der Waals surface area contributed by atoms with Crippen molar-refractivity contribution in [3.63, 3.8) is 0 Å². The van der Waals surface area contributed by atoms with E-state index < -0.39 is 0 Å². The van der Waals surface area contributed by atoms with Crippen LogP contribution in [0.25, 0.3) is 55.7 Å². The number of rotatable bonds is 8. The van der Waals surface area contributed by atoms with Crippen LogP contribution in [0.3, 0.4) is 0 Å². The van der Waals surface area contributed by atoms with Crippen molar-refractivity contribution in [2.24, 2.45) is 7.05 Å². The molecule has 4 nitrogen and oxygen atoms in total. The van der Waals surface area contributed by atoms with Gasteiger partial charge in [-0.3, -0.25) is 0 Å². The zero-order chi connectivity index (χ0) is 35.1. The van der Waals surface area contributed by atoms with Gasteiger partial charge in [-0.1, -0.05) is 54.6 Å². The molecule has 4 aromatic heterocycles. The Kier molecular flexibility index (Phi) is 8.53. The van der Waals surface area contributed by atoms with Gasteiger partial charge in [0.1, 0.15) is 18.2 Å². The number of benzene rings is 4. The third-order valence-corrected chi connectivity index (χ3v) is 10.6. The maximum absolute atomic E-state index is 6.27. The van der Waals surface area contributed by atoms with Gasteiger partial charge < -0.3 is 4.42 Å². The second-order valence-electron chi connectivity index (χ2n) is 13.9. The largest absolute Gasteiger partial charge is 0.456 e. The summed E-state index contributed by atoms with van der Waals surface area (Å²) in [5.41, 5.74) is 15.5. The lowest BCUT2D eigenvalue weighted by Crippen LogP contribution is -2.53. The standard InChI is InChI=1S/C47H44N3O/c1-32-16-6-8-20-38(32)45-25-15-18-35(4)50(45)37(29-36-19-7-9-21-39(36)43-24-14-17-34(3)48(43)5)31-49-27-13-12-23-44(49)41-30-42-40-22-10-11-26-46(40)51-47(42)28-33(41)2/h6-28,30,37H,29,31H2,1-5H3/q+3. The summed E-state index contributed by atoms with van der Waals surface area (Å²) < 4.78 is 13.6. The topological polar surface area (TPSA) is 24.8 Å². The molecule has 4 heterocycles. The van der Waals surface area contributed by atoms with Gasteiger partial charge in [0, 0.05) is 84.1 Å². The lowest BCUT2D eigenvalue weighted by atomic mass is 9.95. The lowest BCUT2D eigenvalue weighted by molar-refractivity contribution is -0.791. The minimum Gasteiger partial charge on any atom is -0.456 e. The average molecular weight is 667 g/mol. The maximum Gasteiger partial charge on any atom is 0.221 e. The first-order chi connectivity index (χ1) is 24.9. The fourth-order valence-corrected chi connectivity index (χ4v) is 7.85. The van der Waals surface area contributed by atoms with E-state index in [1.165, 1.54) is 61.9 Å². The van der Waals surface area contributed by atoms with Crippen LogP contribution in [0, 0.1) is 27.7 Å². The Hall–Kier alpha value is -5.87. The number of hydrogen-bond acceptors (Lipinski definition) is 1. The van der Waals surface area contributed by atoms with Gasteiger partial charge in [-0.25, -0.2) is 0 Å². The van der Waals surface area contributed by atoms with E-state index in [0.717, 1.165) is 34.9 Å². The maximum atomic E-state index is 6.27. The molecular weight excluding hydrogens is 623 g/mol. The Morgan fingerprint density at radius 3 is 2.06 bits per heavy atom. The van der Waals surface area contributed by atoms with Crippen molar-refractivity contribution in [2.75, 3.05) is 0 Å². The quantitative estimate of drug-likeness (QED) is 0.148. The molecule has 0 bridgehead atoms. The fraction of sp³-hybridized carbons (Fsp3) is 0.170. The van der Waals surface area contributed by atoms with Gasteiger partial charge in [-0.15, -0.1) is 0 Å². The average Bonchev–Trinajstić information content (AvgIpc) is 3.50. The number of furan rings is 1. The Balaban J connectivity index is 1.31. The minimum atomic E-state index is 0.0991. The first-order valence-corrected chi connectivity index (χ1v) is 17.9. The van der Waals surface area contributed by atoms with Crippen LogP contribution < -0.4 is 13.7 Å². The first-order valence-electron chi connectivity index (χ1n) is 17.9. The number of nitrogens with zero attached hydrogens (tertiary/aromatic N) is 3. The molecule has 250 valence electrons. The van der Waals surface area contributed by atoms with Crippen molar-refractivity contribution in [3.05, 3.63) is 174 Å². The summed E-state index contributed by atoms with van der Waals surface area (Å²) in [6.45, 7) is 9.61. The molecule has 1 unspecified atom stereocenters.